The predicted octanol–water partition coefficient (Wildman–Crippen LogP) is 3.19. The van der Waals surface area contributed by atoms with Gasteiger partial charge in [0.1, 0.15) is 11.5 Å². The molecule has 0 aliphatic rings. The third-order valence-corrected chi connectivity index (χ3v) is 3.73. The number of hydrogen-bond acceptors (Lipinski definition) is 4. The molecule has 0 aliphatic carbocycles. The summed E-state index contributed by atoms with van der Waals surface area (Å²) in [5.41, 5.74) is 5.97. The van der Waals surface area contributed by atoms with Crippen LogP contribution in [0.4, 0.5) is 0 Å². The molecular formula is C17H19N3O. The smallest absolute Gasteiger partial charge is 0.105 e. The summed E-state index contributed by atoms with van der Waals surface area (Å²) in [4.78, 5) is 4.70. The molecular weight excluding hydrogens is 262 g/mol. The standard InChI is InChI=1S/C17H19N3O/c1-11-9-15(12(2)21-11)17(20-18)10-14-8-7-13-5-3-4-6-16(13)19-14/h3-9,17,20H,10,18H2,1-2H3. The maximum Gasteiger partial charge on any atom is 0.105 e. The molecule has 3 aromatic rings. The highest BCUT2D eigenvalue weighted by Gasteiger charge is 2.17. The molecule has 1 unspecified atom stereocenters. The molecule has 3 N–H and O–H groups in total. The van der Waals surface area contributed by atoms with Crippen LogP contribution in [0.1, 0.15) is 28.8 Å². The van der Waals surface area contributed by atoms with E-state index in [1.165, 1.54) is 0 Å². The minimum atomic E-state index is -0.00360. The second kappa shape index (κ2) is 5.68. The van der Waals surface area contributed by atoms with Crippen molar-refractivity contribution in [1.82, 2.24) is 10.4 Å². The molecule has 4 heteroatoms. The van der Waals surface area contributed by atoms with E-state index in [1.807, 2.05) is 38.1 Å². The molecule has 3 rings (SSSR count). The van der Waals surface area contributed by atoms with Crippen LogP contribution in [0.2, 0.25) is 0 Å². The van der Waals surface area contributed by atoms with Crippen molar-refractivity contribution in [2.24, 2.45) is 5.84 Å². The molecule has 0 aliphatic heterocycles. The van der Waals surface area contributed by atoms with Crippen molar-refractivity contribution in [2.45, 2.75) is 26.3 Å². The van der Waals surface area contributed by atoms with Crippen molar-refractivity contribution in [3.63, 3.8) is 0 Å². The zero-order valence-electron chi connectivity index (χ0n) is 12.3. The molecule has 21 heavy (non-hydrogen) atoms. The zero-order valence-corrected chi connectivity index (χ0v) is 12.3. The Morgan fingerprint density at radius 2 is 2.00 bits per heavy atom. The molecule has 2 heterocycles. The van der Waals surface area contributed by atoms with Crippen LogP contribution in [0, 0.1) is 13.8 Å². The first-order chi connectivity index (χ1) is 10.2. The van der Waals surface area contributed by atoms with Crippen LogP contribution in [-0.2, 0) is 6.42 Å². The number of aromatic nitrogens is 1. The number of hydrazine groups is 1. The minimum Gasteiger partial charge on any atom is -0.466 e. The van der Waals surface area contributed by atoms with Gasteiger partial charge in [-0.1, -0.05) is 24.3 Å². The van der Waals surface area contributed by atoms with E-state index in [0.717, 1.165) is 40.1 Å². The zero-order chi connectivity index (χ0) is 14.8. The second-order valence-corrected chi connectivity index (χ2v) is 5.29. The molecule has 2 aromatic heterocycles. The van der Waals surface area contributed by atoms with Crippen LogP contribution < -0.4 is 11.3 Å². The van der Waals surface area contributed by atoms with Crippen molar-refractivity contribution >= 4 is 10.9 Å². The Morgan fingerprint density at radius 3 is 2.71 bits per heavy atom. The summed E-state index contributed by atoms with van der Waals surface area (Å²) in [7, 11) is 0. The number of rotatable bonds is 4. The number of nitrogens with one attached hydrogen (secondary N) is 1. The Morgan fingerprint density at radius 1 is 1.19 bits per heavy atom. The summed E-state index contributed by atoms with van der Waals surface area (Å²) in [6.07, 6.45) is 0.723. The fourth-order valence-electron chi connectivity index (χ4n) is 2.69. The van der Waals surface area contributed by atoms with Crippen LogP contribution in [-0.4, -0.2) is 4.98 Å². The van der Waals surface area contributed by atoms with E-state index in [9.17, 15) is 0 Å². The SMILES string of the molecule is Cc1cc(C(Cc2ccc3ccccc3n2)NN)c(C)o1. The largest absolute Gasteiger partial charge is 0.466 e. The molecule has 0 spiro atoms. The summed E-state index contributed by atoms with van der Waals surface area (Å²) in [6, 6.07) is 14.3. The lowest BCUT2D eigenvalue weighted by molar-refractivity contribution is 0.483. The molecule has 0 bridgehead atoms. The summed E-state index contributed by atoms with van der Waals surface area (Å²) < 4.78 is 5.59. The maximum atomic E-state index is 5.72. The van der Waals surface area contributed by atoms with Gasteiger partial charge in [-0.2, -0.15) is 0 Å². The van der Waals surface area contributed by atoms with Crippen molar-refractivity contribution in [2.75, 3.05) is 0 Å². The predicted molar refractivity (Wildman–Crippen MR) is 83.7 cm³/mol. The molecule has 0 radical (unpaired) electrons. The summed E-state index contributed by atoms with van der Waals surface area (Å²) in [5.74, 6) is 7.52. The van der Waals surface area contributed by atoms with Crippen molar-refractivity contribution in [3.8, 4) is 0 Å². The van der Waals surface area contributed by atoms with E-state index >= 15 is 0 Å². The lowest BCUT2D eigenvalue weighted by Gasteiger charge is -2.15. The fourth-order valence-corrected chi connectivity index (χ4v) is 2.69. The normalized spacial score (nSPS) is 12.7. The molecule has 108 valence electrons. The van der Waals surface area contributed by atoms with Gasteiger partial charge >= 0.3 is 0 Å². The van der Waals surface area contributed by atoms with Crippen molar-refractivity contribution in [1.29, 1.82) is 0 Å². The van der Waals surface area contributed by atoms with E-state index < -0.39 is 0 Å². The number of pyridine rings is 1. The van der Waals surface area contributed by atoms with Gasteiger partial charge in [-0.25, -0.2) is 0 Å². The first kappa shape index (κ1) is 13.8. The van der Waals surface area contributed by atoms with Gasteiger partial charge in [0.05, 0.1) is 11.6 Å². The molecule has 0 amide bonds. The van der Waals surface area contributed by atoms with E-state index in [2.05, 4.69) is 23.6 Å². The monoisotopic (exact) mass is 281 g/mol. The number of nitrogens with two attached hydrogens (primary N) is 1. The lowest BCUT2D eigenvalue weighted by atomic mass is 10.0. The van der Waals surface area contributed by atoms with Gasteiger partial charge in [0.15, 0.2) is 0 Å². The number of nitrogens with zero attached hydrogens (tertiary/aromatic N) is 1. The Kier molecular flexibility index (Phi) is 3.73. The Labute approximate surface area is 124 Å². The third-order valence-electron chi connectivity index (χ3n) is 3.73. The van der Waals surface area contributed by atoms with E-state index in [-0.39, 0.29) is 6.04 Å². The first-order valence-electron chi connectivity index (χ1n) is 7.05. The Hall–Kier alpha value is -2.17. The highest BCUT2D eigenvalue weighted by atomic mass is 16.3. The molecule has 0 saturated carbocycles. The number of hydrogen-bond donors (Lipinski definition) is 2. The minimum absolute atomic E-state index is 0.00360. The third kappa shape index (κ3) is 2.82. The number of furan rings is 1. The van der Waals surface area contributed by atoms with Gasteiger partial charge in [-0.3, -0.25) is 16.3 Å². The van der Waals surface area contributed by atoms with Crippen LogP contribution in [0.25, 0.3) is 10.9 Å². The number of fused-ring (bicyclic) bond motifs is 1. The molecule has 1 aromatic carbocycles. The van der Waals surface area contributed by atoms with Crippen LogP contribution >= 0.6 is 0 Å². The average molecular weight is 281 g/mol. The molecule has 0 fully saturated rings. The van der Waals surface area contributed by atoms with Gasteiger partial charge in [0.2, 0.25) is 0 Å². The van der Waals surface area contributed by atoms with Crippen molar-refractivity contribution < 1.29 is 4.42 Å². The molecule has 0 saturated heterocycles. The van der Waals surface area contributed by atoms with Gasteiger partial charge in [-0.15, -0.1) is 0 Å². The van der Waals surface area contributed by atoms with E-state index in [1.54, 1.807) is 0 Å². The first-order valence-corrected chi connectivity index (χ1v) is 7.05. The van der Waals surface area contributed by atoms with Crippen LogP contribution in [0.5, 0.6) is 0 Å². The highest BCUT2D eigenvalue weighted by Crippen LogP contribution is 2.24. The second-order valence-electron chi connectivity index (χ2n) is 5.29. The maximum absolute atomic E-state index is 5.72. The highest BCUT2D eigenvalue weighted by molar-refractivity contribution is 5.78. The van der Waals surface area contributed by atoms with Gasteiger partial charge in [-0.05, 0) is 32.0 Å². The van der Waals surface area contributed by atoms with Gasteiger partial charge in [0.25, 0.3) is 0 Å². The quantitative estimate of drug-likeness (QED) is 0.569. The Balaban J connectivity index is 1.90. The average Bonchev–Trinajstić information content (AvgIpc) is 2.83. The molecule has 1 atom stereocenters. The van der Waals surface area contributed by atoms with Crippen LogP contribution in [0.15, 0.2) is 46.9 Å². The molecule has 4 nitrogen and oxygen atoms in total. The summed E-state index contributed by atoms with van der Waals surface area (Å²) in [5, 5.41) is 1.15. The van der Waals surface area contributed by atoms with E-state index in [0.29, 0.717) is 0 Å². The van der Waals surface area contributed by atoms with Crippen molar-refractivity contribution in [3.05, 3.63) is 65.2 Å². The van der Waals surface area contributed by atoms with Gasteiger partial charge < -0.3 is 4.42 Å². The fraction of sp³-hybridized carbons (Fsp3) is 0.235. The topological polar surface area (TPSA) is 64.1 Å². The summed E-state index contributed by atoms with van der Waals surface area (Å²) >= 11 is 0. The number of benzene rings is 1. The van der Waals surface area contributed by atoms with Gasteiger partial charge in [0, 0.05) is 23.1 Å². The number of aryl methyl sites for hydroxylation is 2. The van der Waals surface area contributed by atoms with E-state index in [4.69, 9.17) is 15.2 Å². The van der Waals surface area contributed by atoms with Crippen LogP contribution in [0.3, 0.4) is 0 Å². The lowest BCUT2D eigenvalue weighted by Crippen LogP contribution is -2.30. The Bertz CT molecular complexity index is 764. The summed E-state index contributed by atoms with van der Waals surface area (Å²) in [6.45, 7) is 3.90. The number of para-hydroxylation sites is 1.